The highest BCUT2D eigenvalue weighted by atomic mass is 32.2. The van der Waals surface area contributed by atoms with Crippen LogP contribution in [-0.2, 0) is 25.8 Å². The number of thioether (sulfide) groups is 1. The van der Waals surface area contributed by atoms with Crippen LogP contribution < -0.4 is 4.74 Å². The Morgan fingerprint density at radius 3 is 2.68 bits per heavy atom. The van der Waals surface area contributed by atoms with E-state index in [0.29, 0.717) is 13.0 Å². The van der Waals surface area contributed by atoms with Crippen molar-refractivity contribution in [2.45, 2.75) is 44.6 Å². The first-order chi connectivity index (χ1) is 16.4. The number of nitrogens with zero attached hydrogens (tertiary/aromatic N) is 2. The molecule has 0 fully saturated rings. The molecule has 0 spiro atoms. The molecule has 0 aliphatic carbocycles. The normalized spacial score (nSPS) is 16.0. The predicted molar refractivity (Wildman–Crippen MR) is 132 cm³/mol. The summed E-state index contributed by atoms with van der Waals surface area (Å²) in [4.78, 5) is 33.5. The number of aromatic nitrogens is 1. The van der Waals surface area contributed by atoms with Gasteiger partial charge in [0, 0.05) is 30.0 Å². The molecule has 0 radical (unpaired) electrons. The van der Waals surface area contributed by atoms with Gasteiger partial charge in [0.25, 0.3) is 0 Å². The van der Waals surface area contributed by atoms with Crippen molar-refractivity contribution in [3.05, 3.63) is 71.4 Å². The molecule has 176 valence electrons. The second-order valence-corrected chi connectivity index (χ2v) is 9.48. The minimum atomic E-state index is -0.380. The van der Waals surface area contributed by atoms with E-state index in [1.54, 1.807) is 0 Å². The molecule has 2 aromatic carbocycles. The summed E-state index contributed by atoms with van der Waals surface area (Å²) in [6, 6.07) is 17.8. The zero-order chi connectivity index (χ0) is 24.1. The molecule has 2 atom stereocenters. The standard InChI is InChI=1S/C26H26N2O5S/c1-16-12-19(21-6-4-5-7-22(21)27-16)15-32-20-10-8-18(9-11-20)23-13-24(33-28-23)25(34-17(2)29)14-26(30)31-3/h4-12,24-25H,13-15H2,1-3H3. The van der Waals surface area contributed by atoms with Gasteiger partial charge in [-0.1, -0.05) is 35.1 Å². The summed E-state index contributed by atoms with van der Waals surface area (Å²) < 4.78 is 10.8. The number of oxime groups is 1. The van der Waals surface area contributed by atoms with Gasteiger partial charge in [-0.3, -0.25) is 14.6 Å². The third-order valence-corrected chi connectivity index (χ3v) is 6.64. The van der Waals surface area contributed by atoms with Gasteiger partial charge in [0.2, 0.25) is 0 Å². The van der Waals surface area contributed by atoms with Crippen molar-refractivity contribution in [3.8, 4) is 5.75 Å². The molecule has 2 unspecified atom stereocenters. The minimum absolute atomic E-state index is 0.0791. The van der Waals surface area contributed by atoms with Gasteiger partial charge in [-0.05, 0) is 48.9 Å². The molecule has 0 N–H and O–H groups in total. The zero-order valence-electron chi connectivity index (χ0n) is 19.3. The molecule has 1 aromatic heterocycles. The van der Waals surface area contributed by atoms with Crippen molar-refractivity contribution in [3.63, 3.8) is 0 Å². The molecule has 0 saturated carbocycles. The van der Waals surface area contributed by atoms with E-state index in [9.17, 15) is 9.59 Å². The van der Waals surface area contributed by atoms with Gasteiger partial charge in [-0.15, -0.1) is 0 Å². The van der Waals surface area contributed by atoms with Crippen molar-refractivity contribution in [2.24, 2.45) is 5.16 Å². The largest absolute Gasteiger partial charge is 0.489 e. The predicted octanol–water partition coefficient (Wildman–Crippen LogP) is 4.83. The maximum absolute atomic E-state index is 11.7. The number of aryl methyl sites for hydroxylation is 1. The topological polar surface area (TPSA) is 87.1 Å². The lowest BCUT2D eigenvalue weighted by Crippen LogP contribution is -2.28. The van der Waals surface area contributed by atoms with Crippen molar-refractivity contribution in [2.75, 3.05) is 7.11 Å². The average Bonchev–Trinajstić information content (AvgIpc) is 3.32. The number of pyridine rings is 1. The van der Waals surface area contributed by atoms with Gasteiger partial charge in [-0.2, -0.15) is 0 Å². The van der Waals surface area contributed by atoms with E-state index in [2.05, 4.69) is 16.2 Å². The number of hydrogen-bond donors (Lipinski definition) is 0. The lowest BCUT2D eigenvalue weighted by atomic mass is 10.0. The summed E-state index contributed by atoms with van der Waals surface area (Å²) in [5.41, 5.74) is 4.67. The third kappa shape index (κ3) is 5.75. The summed E-state index contributed by atoms with van der Waals surface area (Å²) in [6.45, 7) is 3.89. The lowest BCUT2D eigenvalue weighted by Gasteiger charge is -2.18. The van der Waals surface area contributed by atoms with E-state index in [1.807, 2.05) is 55.5 Å². The lowest BCUT2D eigenvalue weighted by molar-refractivity contribution is -0.141. The summed E-state index contributed by atoms with van der Waals surface area (Å²) in [6.07, 6.45) is 0.219. The molecular weight excluding hydrogens is 452 g/mol. The van der Waals surface area contributed by atoms with Crippen LogP contribution in [0.25, 0.3) is 10.9 Å². The Balaban J connectivity index is 1.39. The molecular formula is C26H26N2O5S. The number of carbonyl (C=O) groups is 2. The maximum Gasteiger partial charge on any atom is 0.306 e. The van der Waals surface area contributed by atoms with Crippen molar-refractivity contribution in [1.29, 1.82) is 0 Å². The SMILES string of the molecule is COC(=O)CC(SC(C)=O)C1CC(c2ccc(OCc3cc(C)nc4ccccc34)cc2)=NO1. The Morgan fingerprint density at radius 1 is 1.18 bits per heavy atom. The first-order valence-electron chi connectivity index (χ1n) is 11.0. The smallest absolute Gasteiger partial charge is 0.306 e. The highest BCUT2D eigenvalue weighted by molar-refractivity contribution is 8.14. The van der Waals surface area contributed by atoms with Crippen LogP contribution in [0.3, 0.4) is 0 Å². The van der Waals surface area contributed by atoms with Crippen LogP contribution >= 0.6 is 11.8 Å². The van der Waals surface area contributed by atoms with E-state index >= 15 is 0 Å². The van der Waals surface area contributed by atoms with E-state index in [4.69, 9.17) is 14.3 Å². The molecule has 0 bridgehead atoms. The van der Waals surface area contributed by atoms with Gasteiger partial charge in [-0.25, -0.2) is 0 Å². The van der Waals surface area contributed by atoms with E-state index in [1.165, 1.54) is 14.0 Å². The second kappa shape index (κ2) is 10.7. The number of ether oxygens (including phenoxy) is 2. The number of para-hydroxylation sites is 1. The number of methoxy groups -OCH3 is 1. The Labute approximate surface area is 202 Å². The van der Waals surface area contributed by atoms with Gasteiger partial charge in [0.15, 0.2) is 5.12 Å². The van der Waals surface area contributed by atoms with Gasteiger partial charge in [0.05, 0.1) is 30.0 Å². The second-order valence-electron chi connectivity index (χ2n) is 8.07. The van der Waals surface area contributed by atoms with Crippen molar-refractivity contribution < 1.29 is 23.9 Å². The number of esters is 1. The molecule has 4 rings (SSSR count). The fourth-order valence-corrected chi connectivity index (χ4v) is 4.84. The zero-order valence-corrected chi connectivity index (χ0v) is 20.1. The maximum atomic E-state index is 11.7. The summed E-state index contributed by atoms with van der Waals surface area (Å²) in [7, 11) is 1.33. The molecule has 8 heteroatoms. The van der Waals surface area contributed by atoms with Gasteiger partial charge in [0.1, 0.15) is 18.5 Å². The first-order valence-corrected chi connectivity index (χ1v) is 11.9. The van der Waals surface area contributed by atoms with Crippen LogP contribution in [-0.4, -0.2) is 40.2 Å². The van der Waals surface area contributed by atoms with Crippen LogP contribution in [0.4, 0.5) is 0 Å². The Hall–Kier alpha value is -3.39. The Kier molecular flexibility index (Phi) is 7.47. The number of benzene rings is 2. The number of carbonyl (C=O) groups excluding carboxylic acids is 2. The molecule has 2 heterocycles. The molecule has 0 amide bonds. The number of hydrogen-bond acceptors (Lipinski definition) is 8. The monoisotopic (exact) mass is 478 g/mol. The van der Waals surface area contributed by atoms with E-state index < -0.39 is 0 Å². The van der Waals surface area contributed by atoms with Crippen LogP contribution in [0.1, 0.15) is 36.6 Å². The molecule has 34 heavy (non-hydrogen) atoms. The molecule has 1 aliphatic rings. The Bertz CT molecular complexity index is 1230. The van der Waals surface area contributed by atoms with Crippen LogP contribution in [0, 0.1) is 6.92 Å². The summed E-state index contributed by atoms with van der Waals surface area (Å²) in [5, 5.41) is 4.86. The molecule has 7 nitrogen and oxygen atoms in total. The Morgan fingerprint density at radius 2 is 1.94 bits per heavy atom. The van der Waals surface area contributed by atoms with E-state index in [0.717, 1.165) is 50.9 Å². The molecule has 1 aliphatic heterocycles. The summed E-state index contributed by atoms with van der Waals surface area (Å²) >= 11 is 1.08. The van der Waals surface area contributed by atoms with Crippen LogP contribution in [0.15, 0.2) is 59.8 Å². The van der Waals surface area contributed by atoms with Gasteiger partial charge < -0.3 is 14.3 Å². The third-order valence-electron chi connectivity index (χ3n) is 5.53. The van der Waals surface area contributed by atoms with E-state index in [-0.39, 0.29) is 28.9 Å². The quantitative estimate of drug-likeness (QED) is 0.429. The molecule has 3 aromatic rings. The average molecular weight is 479 g/mol. The highest BCUT2D eigenvalue weighted by Gasteiger charge is 2.33. The summed E-state index contributed by atoms with van der Waals surface area (Å²) in [5.74, 6) is 0.364. The van der Waals surface area contributed by atoms with Crippen molar-refractivity contribution >= 4 is 39.5 Å². The fourth-order valence-electron chi connectivity index (χ4n) is 3.89. The molecule has 0 saturated heterocycles. The fraction of sp³-hybridized carbons (Fsp3) is 0.308. The minimum Gasteiger partial charge on any atom is -0.489 e. The van der Waals surface area contributed by atoms with Crippen LogP contribution in [0.5, 0.6) is 5.75 Å². The number of rotatable bonds is 8. The first kappa shape index (κ1) is 23.8. The van der Waals surface area contributed by atoms with Gasteiger partial charge >= 0.3 is 5.97 Å². The van der Waals surface area contributed by atoms with Crippen LogP contribution in [0.2, 0.25) is 0 Å². The number of fused-ring (bicyclic) bond motifs is 1. The van der Waals surface area contributed by atoms with Crippen molar-refractivity contribution in [1.82, 2.24) is 4.98 Å². The highest BCUT2D eigenvalue weighted by Crippen LogP contribution is 2.30.